The van der Waals surface area contributed by atoms with E-state index in [0.29, 0.717) is 19.0 Å². The van der Waals surface area contributed by atoms with Crippen molar-refractivity contribution in [1.82, 2.24) is 20.0 Å². The van der Waals surface area contributed by atoms with Crippen LogP contribution >= 0.6 is 11.3 Å². The number of nitrogens with one attached hydrogen (secondary N) is 1. The molecule has 0 saturated heterocycles. The van der Waals surface area contributed by atoms with E-state index in [0.717, 1.165) is 10.2 Å². The SMILES string of the molecule is CCNC(=NCc1cn(C)nc1C(F)(F)F)N(C)Cc1ccsc1. The highest BCUT2D eigenvalue weighted by Gasteiger charge is 2.36. The first-order chi connectivity index (χ1) is 11.3. The van der Waals surface area contributed by atoms with Gasteiger partial charge in [-0.2, -0.15) is 29.6 Å². The van der Waals surface area contributed by atoms with Crippen molar-refractivity contribution >= 4 is 17.3 Å². The van der Waals surface area contributed by atoms with E-state index in [2.05, 4.69) is 15.4 Å². The molecule has 132 valence electrons. The minimum atomic E-state index is -4.48. The highest BCUT2D eigenvalue weighted by molar-refractivity contribution is 7.07. The summed E-state index contributed by atoms with van der Waals surface area (Å²) in [5, 5.41) is 10.6. The van der Waals surface area contributed by atoms with Crippen molar-refractivity contribution in [2.24, 2.45) is 12.0 Å². The lowest BCUT2D eigenvalue weighted by molar-refractivity contribution is -0.142. The molecule has 0 aromatic carbocycles. The van der Waals surface area contributed by atoms with Crippen LogP contribution in [0.5, 0.6) is 0 Å². The van der Waals surface area contributed by atoms with E-state index < -0.39 is 11.9 Å². The van der Waals surface area contributed by atoms with E-state index in [4.69, 9.17) is 0 Å². The molecule has 0 amide bonds. The fraction of sp³-hybridized carbons (Fsp3) is 0.467. The molecular formula is C15H20F3N5S. The summed E-state index contributed by atoms with van der Waals surface area (Å²) >= 11 is 1.60. The fourth-order valence-corrected chi connectivity index (χ4v) is 2.91. The summed E-state index contributed by atoms with van der Waals surface area (Å²) in [6, 6.07) is 2.01. The largest absolute Gasteiger partial charge is 0.435 e. The summed E-state index contributed by atoms with van der Waals surface area (Å²) in [7, 11) is 3.32. The van der Waals surface area contributed by atoms with Gasteiger partial charge in [0.15, 0.2) is 11.7 Å². The van der Waals surface area contributed by atoms with Crippen LogP contribution < -0.4 is 5.32 Å². The number of rotatable bonds is 5. The van der Waals surface area contributed by atoms with Crippen molar-refractivity contribution in [2.75, 3.05) is 13.6 Å². The fourth-order valence-electron chi connectivity index (χ4n) is 2.25. The van der Waals surface area contributed by atoms with Gasteiger partial charge in [-0.15, -0.1) is 0 Å². The van der Waals surface area contributed by atoms with E-state index in [1.165, 1.54) is 13.2 Å². The van der Waals surface area contributed by atoms with Gasteiger partial charge < -0.3 is 10.2 Å². The highest BCUT2D eigenvalue weighted by atomic mass is 32.1. The Hall–Kier alpha value is -2.03. The maximum atomic E-state index is 13.0. The Kier molecular flexibility index (Phi) is 5.87. The molecule has 0 unspecified atom stereocenters. The van der Waals surface area contributed by atoms with Crippen LogP contribution in [0.15, 0.2) is 28.0 Å². The third-order valence-corrected chi connectivity index (χ3v) is 4.00. The van der Waals surface area contributed by atoms with Crippen molar-refractivity contribution in [1.29, 1.82) is 0 Å². The summed E-state index contributed by atoms with van der Waals surface area (Å²) in [5.41, 5.74) is 0.305. The second-order valence-corrected chi connectivity index (χ2v) is 6.11. The first-order valence-electron chi connectivity index (χ1n) is 7.41. The Bertz CT molecular complexity index is 676. The van der Waals surface area contributed by atoms with Crippen molar-refractivity contribution in [3.63, 3.8) is 0 Å². The number of halogens is 3. The molecule has 0 spiro atoms. The van der Waals surface area contributed by atoms with Crippen LogP contribution in [0.25, 0.3) is 0 Å². The van der Waals surface area contributed by atoms with Crippen molar-refractivity contribution in [3.8, 4) is 0 Å². The van der Waals surface area contributed by atoms with Gasteiger partial charge in [0.1, 0.15) is 0 Å². The van der Waals surface area contributed by atoms with Crippen molar-refractivity contribution in [2.45, 2.75) is 26.2 Å². The van der Waals surface area contributed by atoms with Crippen LogP contribution in [0.1, 0.15) is 23.7 Å². The van der Waals surface area contributed by atoms with Gasteiger partial charge >= 0.3 is 6.18 Å². The lowest BCUT2D eigenvalue weighted by Crippen LogP contribution is -2.38. The van der Waals surface area contributed by atoms with Gasteiger partial charge in [0.2, 0.25) is 0 Å². The molecule has 9 heteroatoms. The molecule has 0 atom stereocenters. The molecule has 24 heavy (non-hydrogen) atoms. The number of hydrogen-bond acceptors (Lipinski definition) is 3. The number of alkyl halides is 3. The zero-order valence-electron chi connectivity index (χ0n) is 13.8. The molecule has 0 saturated carbocycles. The van der Waals surface area contributed by atoms with Gasteiger partial charge in [-0.05, 0) is 29.3 Å². The Labute approximate surface area is 142 Å². The van der Waals surface area contributed by atoms with Gasteiger partial charge in [-0.25, -0.2) is 4.99 Å². The van der Waals surface area contributed by atoms with Crippen molar-refractivity contribution in [3.05, 3.63) is 39.8 Å². The minimum Gasteiger partial charge on any atom is -0.357 e. The summed E-state index contributed by atoms with van der Waals surface area (Å²) < 4.78 is 40.1. The van der Waals surface area contributed by atoms with Crippen LogP contribution in [-0.4, -0.2) is 34.2 Å². The van der Waals surface area contributed by atoms with Gasteiger partial charge in [0, 0.05) is 38.9 Å². The zero-order valence-corrected chi connectivity index (χ0v) is 14.6. The average Bonchev–Trinajstić information content (AvgIpc) is 3.12. The monoisotopic (exact) mass is 359 g/mol. The molecular weight excluding hydrogens is 339 g/mol. The van der Waals surface area contributed by atoms with Crippen LogP contribution in [-0.2, 0) is 26.3 Å². The Morgan fingerprint density at radius 1 is 1.46 bits per heavy atom. The van der Waals surface area contributed by atoms with E-state index in [1.54, 1.807) is 11.3 Å². The predicted octanol–water partition coefficient (Wildman–Crippen LogP) is 3.10. The molecule has 2 aromatic rings. The zero-order chi connectivity index (χ0) is 17.7. The molecule has 2 heterocycles. The summed E-state index contributed by atoms with van der Waals surface area (Å²) in [6.07, 6.45) is -3.12. The van der Waals surface area contributed by atoms with Gasteiger partial charge in [-0.3, -0.25) is 4.68 Å². The molecule has 0 fully saturated rings. The molecule has 1 N–H and O–H groups in total. The molecule has 2 aromatic heterocycles. The van der Waals surface area contributed by atoms with Gasteiger partial charge in [-0.1, -0.05) is 0 Å². The Morgan fingerprint density at radius 3 is 2.79 bits per heavy atom. The van der Waals surface area contributed by atoms with Crippen LogP contribution in [0, 0.1) is 0 Å². The molecule has 0 bridgehead atoms. The van der Waals surface area contributed by atoms with Crippen LogP contribution in [0.2, 0.25) is 0 Å². The summed E-state index contributed by atoms with van der Waals surface area (Å²) in [4.78, 5) is 6.22. The summed E-state index contributed by atoms with van der Waals surface area (Å²) in [5.74, 6) is 0.556. The maximum Gasteiger partial charge on any atom is 0.435 e. The van der Waals surface area contributed by atoms with E-state index in [9.17, 15) is 13.2 Å². The lowest BCUT2D eigenvalue weighted by atomic mass is 10.2. The molecule has 0 aliphatic heterocycles. The van der Waals surface area contributed by atoms with Gasteiger partial charge in [0.25, 0.3) is 0 Å². The average molecular weight is 359 g/mol. The number of aryl methyl sites for hydroxylation is 1. The number of thiophene rings is 1. The first-order valence-corrected chi connectivity index (χ1v) is 8.35. The number of nitrogens with zero attached hydrogens (tertiary/aromatic N) is 4. The number of aliphatic imine (C=N–C) groups is 1. The number of guanidine groups is 1. The summed E-state index contributed by atoms with van der Waals surface area (Å²) in [6.45, 7) is 3.10. The second kappa shape index (κ2) is 7.69. The van der Waals surface area contributed by atoms with Crippen molar-refractivity contribution < 1.29 is 13.2 Å². The van der Waals surface area contributed by atoms with Gasteiger partial charge in [0.05, 0.1) is 6.54 Å². The predicted molar refractivity (Wildman–Crippen MR) is 88.8 cm³/mol. The topological polar surface area (TPSA) is 45.5 Å². The quantitative estimate of drug-likeness (QED) is 0.659. The Morgan fingerprint density at radius 2 is 2.21 bits per heavy atom. The first kappa shape index (κ1) is 18.3. The second-order valence-electron chi connectivity index (χ2n) is 5.33. The van der Waals surface area contributed by atoms with Crippen LogP contribution in [0.4, 0.5) is 13.2 Å². The smallest absolute Gasteiger partial charge is 0.357 e. The Balaban J connectivity index is 2.16. The molecule has 0 aliphatic rings. The molecule has 0 aliphatic carbocycles. The molecule has 5 nitrogen and oxygen atoms in total. The normalized spacial score (nSPS) is 12.5. The van der Waals surface area contributed by atoms with Crippen LogP contribution in [0.3, 0.4) is 0 Å². The minimum absolute atomic E-state index is 0.0596. The maximum absolute atomic E-state index is 13.0. The third kappa shape index (κ3) is 4.73. The van der Waals surface area contributed by atoms with E-state index >= 15 is 0 Å². The highest BCUT2D eigenvalue weighted by Crippen LogP contribution is 2.30. The third-order valence-electron chi connectivity index (χ3n) is 3.27. The van der Waals surface area contributed by atoms with E-state index in [-0.39, 0.29) is 12.1 Å². The lowest BCUT2D eigenvalue weighted by Gasteiger charge is -2.21. The molecule has 0 radical (unpaired) electrons. The number of aromatic nitrogens is 2. The van der Waals surface area contributed by atoms with E-state index in [1.807, 2.05) is 35.7 Å². The standard InChI is InChI=1S/C15H20F3N5S/c1-4-19-14(22(2)8-11-5-6-24-10-11)20-7-12-9-23(3)21-13(12)15(16,17)18/h5-6,9-10H,4,7-8H2,1-3H3,(H,19,20). The number of hydrogen-bond donors (Lipinski definition) is 1. The molecule has 2 rings (SSSR count).